The topological polar surface area (TPSA) is 52.6 Å². The fourth-order valence-corrected chi connectivity index (χ4v) is 3.97. The Kier molecular flexibility index (Phi) is 6.31. The molecular weight excluding hydrogens is 419 g/mol. The summed E-state index contributed by atoms with van der Waals surface area (Å²) >= 11 is -0.550. The highest BCUT2D eigenvalue weighted by Gasteiger charge is 2.22. The van der Waals surface area contributed by atoms with Crippen LogP contribution >= 0.6 is 0 Å². The van der Waals surface area contributed by atoms with Crippen LogP contribution in [0.3, 0.4) is 0 Å². The first-order valence-corrected chi connectivity index (χ1v) is 9.21. The zero-order valence-corrected chi connectivity index (χ0v) is 15.3. The van der Waals surface area contributed by atoms with Crippen molar-refractivity contribution >= 4 is 11.9 Å². The lowest BCUT2D eigenvalue weighted by Crippen LogP contribution is -3.61. The zero-order valence-electron chi connectivity index (χ0n) is 13.1. The summed E-state index contributed by atoms with van der Waals surface area (Å²) in [6.07, 6.45) is 1.12. The molecule has 122 valence electrons. The van der Waals surface area contributed by atoms with E-state index in [1.165, 1.54) is 0 Å². The summed E-state index contributed by atoms with van der Waals surface area (Å²) in [5.41, 5.74) is 0.358. The molecule has 0 aliphatic carbocycles. The number of carbonyl (C=O) groups is 2. The van der Waals surface area contributed by atoms with Crippen LogP contribution in [0.4, 0.5) is 0 Å². The minimum atomic E-state index is -0.550. The van der Waals surface area contributed by atoms with E-state index < -0.39 is 33.1 Å². The fourth-order valence-electron chi connectivity index (χ4n) is 1.63. The van der Waals surface area contributed by atoms with E-state index in [-0.39, 0.29) is 0 Å². The second-order valence-corrected chi connectivity index (χ2v) is 7.72. The molecule has 0 fully saturated rings. The first-order valence-electron chi connectivity index (χ1n) is 7.05. The summed E-state index contributed by atoms with van der Waals surface area (Å²) in [7, 11) is 0. The van der Waals surface area contributed by atoms with Crippen LogP contribution in [0, 0.1) is 7.14 Å². The maximum atomic E-state index is 11.7. The third kappa shape index (κ3) is 5.06. The number of esters is 2. The van der Waals surface area contributed by atoms with Gasteiger partial charge in [0.05, 0.1) is 0 Å². The van der Waals surface area contributed by atoms with Crippen molar-refractivity contribution in [1.29, 1.82) is 0 Å². The summed E-state index contributed by atoms with van der Waals surface area (Å²) in [5, 5.41) is 0. The highest BCUT2D eigenvalue weighted by atomic mass is 127. The lowest BCUT2D eigenvalue weighted by atomic mass is 10.3. The normalized spacial score (nSPS) is 9.88. The van der Waals surface area contributed by atoms with Gasteiger partial charge in [0.15, 0.2) is 9.32 Å². The van der Waals surface area contributed by atoms with Crippen molar-refractivity contribution in [2.45, 2.75) is 6.92 Å². The predicted molar refractivity (Wildman–Crippen MR) is 86.6 cm³/mol. The highest BCUT2D eigenvalue weighted by Crippen LogP contribution is 2.12. The van der Waals surface area contributed by atoms with E-state index in [0.29, 0.717) is 17.1 Å². The number of hydrogen-bond acceptors (Lipinski definition) is 4. The number of carbonyl (C=O) groups excluding carboxylic acids is 2. The van der Waals surface area contributed by atoms with Crippen molar-refractivity contribution in [3.8, 4) is 11.5 Å². The quantitative estimate of drug-likeness (QED) is 0.285. The maximum absolute atomic E-state index is 11.7. The van der Waals surface area contributed by atoms with Crippen molar-refractivity contribution in [1.82, 2.24) is 0 Å². The maximum Gasteiger partial charge on any atom is 0.362 e. The Bertz CT molecular complexity index is 778. The molecular formula is C19H16IO4+. The molecule has 0 unspecified atom stereocenters. The number of ether oxygens (including phenoxy) is 2. The number of rotatable bonds is 6. The van der Waals surface area contributed by atoms with Crippen LogP contribution in [0.15, 0.2) is 73.3 Å². The average Bonchev–Trinajstić information content (AvgIpc) is 2.58. The van der Waals surface area contributed by atoms with Crippen molar-refractivity contribution < 1.29 is 40.3 Å². The molecule has 0 heterocycles. The second-order valence-electron chi connectivity index (χ2n) is 4.77. The van der Waals surface area contributed by atoms with Gasteiger partial charge in [-0.25, -0.2) is 9.59 Å². The summed E-state index contributed by atoms with van der Waals surface area (Å²) < 4.78 is 12.5. The summed E-state index contributed by atoms with van der Waals surface area (Å²) in [6, 6.07) is 14.7. The molecule has 5 heteroatoms. The van der Waals surface area contributed by atoms with Gasteiger partial charge < -0.3 is 9.47 Å². The minimum Gasteiger partial charge on any atom is -0.423 e. The largest absolute Gasteiger partial charge is 0.423 e. The Morgan fingerprint density at radius 3 is 2.33 bits per heavy atom. The third-order valence-corrected chi connectivity index (χ3v) is 5.61. The third-order valence-electron chi connectivity index (χ3n) is 2.80. The molecule has 0 atom stereocenters. The van der Waals surface area contributed by atoms with Gasteiger partial charge in [-0.2, -0.15) is 0 Å². The van der Waals surface area contributed by atoms with E-state index >= 15 is 0 Å². The summed E-state index contributed by atoms with van der Waals surface area (Å²) in [5.74, 6) is 0.0998. The second kappa shape index (κ2) is 8.44. The summed E-state index contributed by atoms with van der Waals surface area (Å²) in [6.45, 7) is 8.56. The van der Waals surface area contributed by atoms with Gasteiger partial charge in [0, 0.05) is 11.6 Å². The van der Waals surface area contributed by atoms with Crippen LogP contribution in [0.1, 0.15) is 6.92 Å². The van der Waals surface area contributed by atoms with E-state index in [9.17, 15) is 9.59 Å². The Morgan fingerprint density at radius 1 is 1.04 bits per heavy atom. The standard InChI is InChI=1S/C19H16IO4/c1-4-18(21)23-15-11-9-14(10-12-15)20-16-7-5-6-8-17(16)24-19(22)13(2)3/h4-12H,1-2H2,3H3/q+1. The van der Waals surface area contributed by atoms with E-state index in [2.05, 4.69) is 13.2 Å². The molecule has 2 aromatic rings. The molecule has 0 aromatic heterocycles. The van der Waals surface area contributed by atoms with Gasteiger partial charge in [0.25, 0.3) is 0 Å². The monoisotopic (exact) mass is 435 g/mol. The Labute approximate surface area is 151 Å². The van der Waals surface area contributed by atoms with Crippen LogP contribution in [0.25, 0.3) is 0 Å². The van der Waals surface area contributed by atoms with E-state index in [1.54, 1.807) is 25.1 Å². The number of halogens is 1. The van der Waals surface area contributed by atoms with Gasteiger partial charge in [-0.1, -0.05) is 25.3 Å². The zero-order chi connectivity index (χ0) is 17.5. The first-order chi connectivity index (χ1) is 11.5. The van der Waals surface area contributed by atoms with Crippen molar-refractivity contribution in [2.75, 3.05) is 0 Å². The molecule has 2 rings (SSSR count). The lowest BCUT2D eigenvalue weighted by molar-refractivity contribution is -0.598. The van der Waals surface area contributed by atoms with Crippen LogP contribution in [0.5, 0.6) is 11.5 Å². The molecule has 4 nitrogen and oxygen atoms in total. The first kappa shape index (κ1) is 17.9. The van der Waals surface area contributed by atoms with E-state index in [1.807, 2.05) is 30.3 Å². The predicted octanol–water partition coefficient (Wildman–Crippen LogP) is 0.388. The number of benzene rings is 2. The number of hydrogen-bond donors (Lipinski definition) is 0. The molecule has 0 bridgehead atoms. The van der Waals surface area contributed by atoms with Gasteiger partial charge in [-0.3, -0.25) is 0 Å². The molecule has 0 aliphatic heterocycles. The number of para-hydroxylation sites is 1. The highest BCUT2D eigenvalue weighted by molar-refractivity contribution is 5.88. The van der Waals surface area contributed by atoms with E-state index in [0.717, 1.165) is 13.2 Å². The molecule has 0 saturated heterocycles. The van der Waals surface area contributed by atoms with Crippen LogP contribution in [-0.2, 0) is 9.59 Å². The van der Waals surface area contributed by atoms with Crippen molar-refractivity contribution in [2.24, 2.45) is 0 Å². The van der Waals surface area contributed by atoms with Gasteiger partial charge in [-0.05, 0) is 43.3 Å². The van der Waals surface area contributed by atoms with E-state index in [4.69, 9.17) is 9.47 Å². The van der Waals surface area contributed by atoms with Crippen molar-refractivity contribution in [3.05, 3.63) is 80.5 Å². The lowest BCUT2D eigenvalue weighted by Gasteiger charge is -2.03. The van der Waals surface area contributed by atoms with Gasteiger partial charge in [0.2, 0.25) is 3.57 Å². The van der Waals surface area contributed by atoms with Crippen LogP contribution in [0.2, 0.25) is 0 Å². The van der Waals surface area contributed by atoms with Gasteiger partial charge in [-0.15, -0.1) is 0 Å². The summed E-state index contributed by atoms with van der Waals surface area (Å²) in [4.78, 5) is 22.9. The Morgan fingerprint density at radius 2 is 1.71 bits per heavy atom. The minimum absolute atomic E-state index is 0.358. The molecule has 0 N–H and O–H groups in total. The van der Waals surface area contributed by atoms with Gasteiger partial charge >= 0.3 is 33.1 Å². The van der Waals surface area contributed by atoms with Crippen molar-refractivity contribution in [3.63, 3.8) is 0 Å². The fraction of sp³-hybridized carbons (Fsp3) is 0.0526. The molecule has 24 heavy (non-hydrogen) atoms. The van der Waals surface area contributed by atoms with Crippen LogP contribution in [-0.4, -0.2) is 11.9 Å². The molecule has 0 saturated carbocycles. The van der Waals surface area contributed by atoms with Gasteiger partial charge in [0.1, 0.15) is 5.75 Å². The Hall–Kier alpha value is -2.41. The molecule has 0 amide bonds. The molecule has 2 aromatic carbocycles. The van der Waals surface area contributed by atoms with Crippen LogP contribution < -0.4 is 30.7 Å². The Balaban J connectivity index is 2.13. The SMILES string of the molecule is C=CC(=O)Oc1ccc([I+]c2ccccc2OC(=O)C(=C)C)cc1. The average molecular weight is 435 g/mol. The molecule has 0 radical (unpaired) electrons. The molecule has 0 aliphatic rings. The smallest absolute Gasteiger partial charge is 0.362 e. The molecule has 0 spiro atoms.